The van der Waals surface area contributed by atoms with Crippen molar-refractivity contribution in [3.63, 3.8) is 0 Å². The SMILES string of the molecule is CCCCCCCCCCCCCCCCOCC(CCN=C(C)CC(C)(CC)OCCC(C)(CC)OC)OCCCCCCCCCCCCCCCC. The van der Waals surface area contributed by atoms with E-state index in [0.29, 0.717) is 13.2 Å². The van der Waals surface area contributed by atoms with Gasteiger partial charge in [0.1, 0.15) is 0 Å². The molecule has 55 heavy (non-hydrogen) atoms. The molecule has 0 radical (unpaired) electrons. The molecule has 0 saturated heterocycles. The van der Waals surface area contributed by atoms with Gasteiger partial charge in [0.15, 0.2) is 0 Å². The Hall–Kier alpha value is -0.490. The molecule has 5 heteroatoms. The maximum atomic E-state index is 6.45. The van der Waals surface area contributed by atoms with Crippen LogP contribution < -0.4 is 0 Å². The molecule has 0 aliphatic heterocycles. The van der Waals surface area contributed by atoms with E-state index in [1.54, 1.807) is 0 Å². The molecule has 0 amide bonds. The summed E-state index contributed by atoms with van der Waals surface area (Å²) in [5, 5.41) is 0. The highest BCUT2D eigenvalue weighted by Gasteiger charge is 2.27. The van der Waals surface area contributed by atoms with Gasteiger partial charge in [0, 0.05) is 39.0 Å². The molecule has 0 heterocycles. The number of nitrogens with zero attached hydrogens (tertiary/aromatic N) is 1. The Bertz CT molecular complexity index is 799. The largest absolute Gasteiger partial charge is 0.379 e. The van der Waals surface area contributed by atoms with Crippen molar-refractivity contribution in [1.82, 2.24) is 0 Å². The Kier molecular flexibility index (Phi) is 39.9. The molecule has 0 spiro atoms. The molecule has 0 N–H and O–H groups in total. The highest BCUT2D eigenvalue weighted by molar-refractivity contribution is 5.82. The molecule has 0 aliphatic rings. The molecule has 0 aliphatic carbocycles. The summed E-state index contributed by atoms with van der Waals surface area (Å²) in [6, 6.07) is 0. The van der Waals surface area contributed by atoms with Gasteiger partial charge < -0.3 is 18.9 Å². The normalized spacial score (nSPS) is 15.0. The molecule has 0 fully saturated rings. The Morgan fingerprint density at radius 1 is 0.509 bits per heavy atom. The van der Waals surface area contributed by atoms with Crippen LogP contribution in [0.5, 0.6) is 0 Å². The Morgan fingerprint density at radius 2 is 0.909 bits per heavy atom. The molecular formula is C50H101NO4. The maximum Gasteiger partial charge on any atom is 0.0826 e. The van der Waals surface area contributed by atoms with Gasteiger partial charge in [-0.3, -0.25) is 4.99 Å². The topological polar surface area (TPSA) is 49.3 Å². The van der Waals surface area contributed by atoms with Crippen molar-refractivity contribution >= 4 is 5.71 Å². The smallest absolute Gasteiger partial charge is 0.0826 e. The van der Waals surface area contributed by atoms with Crippen LogP contribution in [0.15, 0.2) is 4.99 Å². The summed E-state index contributed by atoms with van der Waals surface area (Å²) in [6.07, 6.45) is 43.5. The number of ether oxygens (including phenoxy) is 4. The predicted octanol–water partition coefficient (Wildman–Crippen LogP) is 16.0. The molecule has 5 nitrogen and oxygen atoms in total. The van der Waals surface area contributed by atoms with Gasteiger partial charge in [-0.15, -0.1) is 0 Å². The van der Waals surface area contributed by atoms with Crippen molar-refractivity contribution in [2.75, 3.05) is 40.1 Å². The summed E-state index contributed by atoms with van der Waals surface area (Å²) in [4.78, 5) is 5.01. The number of methoxy groups -OCH3 is 1. The number of unbranched alkanes of at least 4 members (excludes halogenated alkanes) is 26. The Balaban J connectivity index is 4.46. The summed E-state index contributed by atoms with van der Waals surface area (Å²) < 4.78 is 24.9. The highest BCUT2D eigenvalue weighted by atomic mass is 16.5. The first-order valence-electron chi connectivity index (χ1n) is 24.7. The van der Waals surface area contributed by atoms with E-state index >= 15 is 0 Å². The lowest BCUT2D eigenvalue weighted by molar-refractivity contribution is -0.0715. The van der Waals surface area contributed by atoms with Crippen LogP contribution in [0, 0.1) is 0 Å². The summed E-state index contributed by atoms with van der Waals surface area (Å²) in [5.74, 6) is 0. The van der Waals surface area contributed by atoms with Crippen LogP contribution in [0.2, 0.25) is 0 Å². The maximum absolute atomic E-state index is 6.45. The summed E-state index contributed by atoms with van der Waals surface area (Å²) in [5.41, 5.74) is 0.855. The van der Waals surface area contributed by atoms with E-state index in [9.17, 15) is 0 Å². The van der Waals surface area contributed by atoms with Crippen LogP contribution >= 0.6 is 0 Å². The van der Waals surface area contributed by atoms with Gasteiger partial charge in [-0.25, -0.2) is 0 Å². The van der Waals surface area contributed by atoms with Crippen molar-refractivity contribution in [2.24, 2.45) is 4.99 Å². The minimum atomic E-state index is -0.198. The molecule has 0 saturated carbocycles. The standard InChI is InChI=1S/C50H101NO4/c1-9-13-15-17-19-21-23-25-27-29-31-33-35-37-42-53-46-48(54-43-38-36-34-32-30-28-26-24-22-20-18-16-14-10-2)39-41-51-47(5)45-50(7,12-4)55-44-40-49(6,11-3)52-8/h48H,9-46H2,1-8H3. The molecule has 0 aromatic rings. The second kappa shape index (κ2) is 40.3. The number of hydrogen-bond donors (Lipinski definition) is 0. The van der Waals surface area contributed by atoms with Gasteiger partial charge in [0.2, 0.25) is 0 Å². The van der Waals surface area contributed by atoms with Gasteiger partial charge in [0.25, 0.3) is 0 Å². The summed E-state index contributed by atoms with van der Waals surface area (Å²) in [6.45, 7) is 19.5. The molecule has 0 bridgehead atoms. The number of aliphatic imine (C=N–C) groups is 1. The van der Waals surface area contributed by atoms with E-state index in [0.717, 1.165) is 64.7 Å². The second-order valence-electron chi connectivity index (χ2n) is 17.8. The molecule has 0 rings (SSSR count). The fourth-order valence-electron chi connectivity index (χ4n) is 7.59. The van der Waals surface area contributed by atoms with E-state index < -0.39 is 0 Å². The molecule has 3 unspecified atom stereocenters. The van der Waals surface area contributed by atoms with Crippen molar-refractivity contribution < 1.29 is 18.9 Å². The average Bonchev–Trinajstić information content (AvgIpc) is 3.18. The van der Waals surface area contributed by atoms with Crippen molar-refractivity contribution in [3.05, 3.63) is 0 Å². The monoisotopic (exact) mass is 780 g/mol. The van der Waals surface area contributed by atoms with Crippen molar-refractivity contribution in [2.45, 2.75) is 278 Å². The first-order valence-corrected chi connectivity index (χ1v) is 24.7. The van der Waals surface area contributed by atoms with Gasteiger partial charge in [-0.05, 0) is 59.3 Å². The third-order valence-corrected chi connectivity index (χ3v) is 12.3. The zero-order chi connectivity index (χ0) is 40.6. The van der Waals surface area contributed by atoms with Gasteiger partial charge in [-0.1, -0.05) is 195 Å². The molecule has 0 aromatic carbocycles. The first kappa shape index (κ1) is 54.5. The zero-order valence-electron chi connectivity index (χ0n) is 39.0. The fraction of sp³-hybridized carbons (Fsp3) is 0.980. The van der Waals surface area contributed by atoms with Gasteiger partial charge in [0.05, 0.1) is 30.5 Å². The Labute approximate surface area is 346 Å². The van der Waals surface area contributed by atoms with Crippen molar-refractivity contribution in [3.8, 4) is 0 Å². The molecule has 3 atom stereocenters. The van der Waals surface area contributed by atoms with Gasteiger partial charge >= 0.3 is 0 Å². The third-order valence-electron chi connectivity index (χ3n) is 12.3. The van der Waals surface area contributed by atoms with Crippen LogP contribution in [-0.4, -0.2) is 63.1 Å². The zero-order valence-corrected chi connectivity index (χ0v) is 39.0. The quantitative estimate of drug-likeness (QED) is 0.0456. The van der Waals surface area contributed by atoms with Crippen LogP contribution in [-0.2, 0) is 18.9 Å². The van der Waals surface area contributed by atoms with Gasteiger partial charge in [-0.2, -0.15) is 0 Å². The first-order chi connectivity index (χ1) is 26.8. The molecular weight excluding hydrogens is 679 g/mol. The van der Waals surface area contributed by atoms with E-state index in [1.165, 1.54) is 173 Å². The van der Waals surface area contributed by atoms with E-state index in [2.05, 4.69) is 48.5 Å². The minimum Gasteiger partial charge on any atom is -0.379 e. The molecule has 330 valence electrons. The number of hydrogen-bond acceptors (Lipinski definition) is 5. The van der Waals surface area contributed by atoms with Crippen LogP contribution in [0.1, 0.15) is 260 Å². The van der Waals surface area contributed by atoms with E-state index in [1.807, 2.05) is 7.11 Å². The van der Waals surface area contributed by atoms with Crippen LogP contribution in [0.25, 0.3) is 0 Å². The minimum absolute atomic E-state index is 0.117. The lowest BCUT2D eigenvalue weighted by Crippen LogP contribution is -2.34. The highest BCUT2D eigenvalue weighted by Crippen LogP contribution is 2.25. The summed E-state index contributed by atoms with van der Waals surface area (Å²) >= 11 is 0. The summed E-state index contributed by atoms with van der Waals surface area (Å²) in [7, 11) is 1.81. The lowest BCUT2D eigenvalue weighted by atomic mass is 9.95. The molecule has 0 aromatic heterocycles. The lowest BCUT2D eigenvalue weighted by Gasteiger charge is -2.32. The average molecular weight is 780 g/mol. The van der Waals surface area contributed by atoms with E-state index in [-0.39, 0.29) is 17.3 Å². The third kappa shape index (κ3) is 36.3. The predicted molar refractivity (Wildman–Crippen MR) is 243 cm³/mol. The fourth-order valence-corrected chi connectivity index (χ4v) is 7.59. The van der Waals surface area contributed by atoms with Crippen molar-refractivity contribution in [1.29, 1.82) is 0 Å². The van der Waals surface area contributed by atoms with Crippen LogP contribution in [0.4, 0.5) is 0 Å². The number of rotatable bonds is 45. The Morgan fingerprint density at radius 3 is 1.31 bits per heavy atom. The van der Waals surface area contributed by atoms with Crippen LogP contribution in [0.3, 0.4) is 0 Å². The van der Waals surface area contributed by atoms with E-state index in [4.69, 9.17) is 23.9 Å². The second-order valence-corrected chi connectivity index (χ2v) is 17.8.